The minimum absolute atomic E-state index is 0.115. The molecule has 1 aliphatic rings. The van der Waals surface area contributed by atoms with Crippen molar-refractivity contribution in [2.75, 3.05) is 25.1 Å². The van der Waals surface area contributed by atoms with Crippen molar-refractivity contribution in [2.24, 2.45) is 0 Å². The molecule has 1 fully saturated rings. The molecule has 0 atom stereocenters. The molecule has 0 radical (unpaired) electrons. The molecule has 2 rings (SSSR count). The summed E-state index contributed by atoms with van der Waals surface area (Å²) in [5.41, 5.74) is 1.91. The third-order valence-corrected chi connectivity index (χ3v) is 4.95. The molecule has 0 aromatic heterocycles. The third-order valence-electron chi connectivity index (χ3n) is 4.95. The molecule has 1 aromatic carbocycles. The Balaban J connectivity index is 2.21. The molecular formula is C21H29N3O2. The predicted octanol–water partition coefficient (Wildman–Crippen LogP) is 3.90. The summed E-state index contributed by atoms with van der Waals surface area (Å²) in [6.45, 7) is 6.02. The van der Waals surface area contributed by atoms with Gasteiger partial charge in [-0.05, 0) is 44.9 Å². The molecule has 1 amide bonds. The zero-order valence-electron chi connectivity index (χ0n) is 16.0. The lowest BCUT2D eigenvalue weighted by atomic mass is 9.95. The van der Waals surface area contributed by atoms with Crippen LogP contribution in [0.5, 0.6) is 5.75 Å². The Kier molecular flexibility index (Phi) is 7.53. The smallest absolute Gasteiger partial charge is 0.262 e. The van der Waals surface area contributed by atoms with Crippen molar-refractivity contribution in [1.82, 2.24) is 5.32 Å². The standard InChI is InChI=1S/C21H29N3O2/c1-4-24(5-2)19-12-11-16(20(14-19)26-3)13-17(15-22)21(25)23-18-9-7-6-8-10-18/h11-14,18H,4-10H2,1-3H3,(H,23,25). The summed E-state index contributed by atoms with van der Waals surface area (Å²) in [5.74, 6) is 0.363. The number of hydrogen-bond donors (Lipinski definition) is 1. The second-order valence-electron chi connectivity index (χ2n) is 6.58. The van der Waals surface area contributed by atoms with Crippen molar-refractivity contribution in [3.63, 3.8) is 0 Å². The van der Waals surface area contributed by atoms with Crippen molar-refractivity contribution >= 4 is 17.7 Å². The van der Waals surface area contributed by atoms with Crippen LogP contribution in [0.4, 0.5) is 5.69 Å². The van der Waals surface area contributed by atoms with Crippen LogP contribution in [0.25, 0.3) is 6.08 Å². The third kappa shape index (κ3) is 5.01. The van der Waals surface area contributed by atoms with Gasteiger partial charge in [-0.15, -0.1) is 0 Å². The van der Waals surface area contributed by atoms with E-state index in [4.69, 9.17) is 4.74 Å². The van der Waals surface area contributed by atoms with Crippen LogP contribution in [0.2, 0.25) is 0 Å². The highest BCUT2D eigenvalue weighted by Crippen LogP contribution is 2.27. The molecule has 140 valence electrons. The van der Waals surface area contributed by atoms with Gasteiger partial charge in [0.05, 0.1) is 7.11 Å². The van der Waals surface area contributed by atoms with Gasteiger partial charge in [-0.1, -0.05) is 19.3 Å². The number of nitrogens with zero attached hydrogens (tertiary/aromatic N) is 2. The molecule has 0 heterocycles. The molecule has 0 aliphatic heterocycles. The van der Waals surface area contributed by atoms with Crippen LogP contribution in [0.15, 0.2) is 23.8 Å². The molecule has 0 saturated heterocycles. The Morgan fingerprint density at radius 2 is 2.00 bits per heavy atom. The predicted molar refractivity (Wildman–Crippen MR) is 105 cm³/mol. The van der Waals surface area contributed by atoms with Gasteiger partial charge < -0.3 is 15.0 Å². The molecule has 26 heavy (non-hydrogen) atoms. The van der Waals surface area contributed by atoms with Gasteiger partial charge in [0.2, 0.25) is 0 Å². The van der Waals surface area contributed by atoms with Crippen LogP contribution in [0.3, 0.4) is 0 Å². The van der Waals surface area contributed by atoms with E-state index in [0.29, 0.717) is 5.75 Å². The largest absolute Gasteiger partial charge is 0.496 e. The van der Waals surface area contributed by atoms with Gasteiger partial charge in [0.15, 0.2) is 0 Å². The Hall–Kier alpha value is -2.48. The average molecular weight is 355 g/mol. The Bertz CT molecular complexity index is 681. The average Bonchev–Trinajstić information content (AvgIpc) is 2.68. The lowest BCUT2D eigenvalue weighted by Crippen LogP contribution is -2.36. The highest BCUT2D eigenvalue weighted by atomic mass is 16.5. The molecule has 0 bridgehead atoms. The highest BCUT2D eigenvalue weighted by Gasteiger charge is 2.18. The van der Waals surface area contributed by atoms with Crippen molar-refractivity contribution in [2.45, 2.75) is 52.0 Å². The summed E-state index contributed by atoms with van der Waals surface area (Å²) < 4.78 is 5.49. The minimum Gasteiger partial charge on any atom is -0.496 e. The van der Waals surface area contributed by atoms with Crippen LogP contribution in [0, 0.1) is 11.3 Å². The first-order chi connectivity index (χ1) is 12.6. The number of nitrogens with one attached hydrogen (secondary N) is 1. The van der Waals surface area contributed by atoms with E-state index in [0.717, 1.165) is 50.0 Å². The summed E-state index contributed by atoms with van der Waals surface area (Å²) in [7, 11) is 1.60. The van der Waals surface area contributed by atoms with E-state index in [-0.39, 0.29) is 17.5 Å². The SMILES string of the molecule is CCN(CC)c1ccc(C=C(C#N)C(=O)NC2CCCCC2)c(OC)c1. The molecule has 1 N–H and O–H groups in total. The van der Waals surface area contributed by atoms with E-state index in [1.165, 1.54) is 6.42 Å². The zero-order chi connectivity index (χ0) is 18.9. The number of amides is 1. The Morgan fingerprint density at radius 3 is 2.58 bits per heavy atom. The van der Waals surface area contributed by atoms with Crippen LogP contribution < -0.4 is 15.0 Å². The van der Waals surface area contributed by atoms with Crippen molar-refractivity contribution in [1.29, 1.82) is 5.26 Å². The fraction of sp³-hybridized carbons (Fsp3) is 0.524. The second-order valence-corrected chi connectivity index (χ2v) is 6.58. The summed E-state index contributed by atoms with van der Waals surface area (Å²) in [6, 6.07) is 8.06. The van der Waals surface area contributed by atoms with Gasteiger partial charge in [-0.25, -0.2) is 0 Å². The molecule has 1 aliphatic carbocycles. The highest BCUT2D eigenvalue weighted by molar-refractivity contribution is 6.02. The first-order valence-electron chi connectivity index (χ1n) is 9.48. The summed E-state index contributed by atoms with van der Waals surface area (Å²) in [4.78, 5) is 14.7. The number of benzene rings is 1. The van der Waals surface area contributed by atoms with Crippen molar-refractivity contribution in [3.8, 4) is 11.8 Å². The molecule has 0 unspecified atom stereocenters. The lowest BCUT2D eigenvalue weighted by molar-refractivity contribution is -0.117. The monoisotopic (exact) mass is 355 g/mol. The van der Waals surface area contributed by atoms with Crippen molar-refractivity contribution < 1.29 is 9.53 Å². The van der Waals surface area contributed by atoms with Crippen LogP contribution in [0.1, 0.15) is 51.5 Å². The fourth-order valence-electron chi connectivity index (χ4n) is 3.42. The molecule has 5 nitrogen and oxygen atoms in total. The molecule has 0 spiro atoms. The molecular weight excluding hydrogens is 326 g/mol. The first kappa shape index (κ1) is 19.8. The number of rotatable bonds is 7. The van der Waals surface area contributed by atoms with Gasteiger partial charge in [0.25, 0.3) is 5.91 Å². The number of anilines is 1. The fourth-order valence-corrected chi connectivity index (χ4v) is 3.42. The van der Waals surface area contributed by atoms with Crippen LogP contribution in [-0.2, 0) is 4.79 Å². The number of hydrogen-bond acceptors (Lipinski definition) is 4. The van der Waals surface area contributed by atoms with Crippen LogP contribution >= 0.6 is 0 Å². The number of ether oxygens (including phenoxy) is 1. The van der Waals surface area contributed by atoms with E-state index in [1.807, 2.05) is 24.3 Å². The van der Waals surface area contributed by atoms with E-state index < -0.39 is 0 Å². The summed E-state index contributed by atoms with van der Waals surface area (Å²) in [5, 5.41) is 12.4. The quantitative estimate of drug-likeness (QED) is 0.595. The lowest BCUT2D eigenvalue weighted by Gasteiger charge is -2.23. The van der Waals surface area contributed by atoms with Crippen LogP contribution in [-0.4, -0.2) is 32.1 Å². The van der Waals surface area contributed by atoms with Gasteiger partial charge in [0.1, 0.15) is 17.4 Å². The summed E-state index contributed by atoms with van der Waals surface area (Å²) >= 11 is 0. The number of nitriles is 1. The number of carbonyl (C=O) groups excluding carboxylic acids is 1. The van der Waals surface area contributed by atoms with E-state index in [9.17, 15) is 10.1 Å². The van der Waals surface area contributed by atoms with Gasteiger partial charge in [-0.3, -0.25) is 4.79 Å². The maximum Gasteiger partial charge on any atom is 0.262 e. The van der Waals surface area contributed by atoms with Gasteiger partial charge in [0, 0.05) is 36.4 Å². The molecule has 1 aromatic rings. The van der Waals surface area contributed by atoms with Gasteiger partial charge >= 0.3 is 0 Å². The molecule has 5 heteroatoms. The van der Waals surface area contributed by atoms with Gasteiger partial charge in [-0.2, -0.15) is 5.26 Å². The topological polar surface area (TPSA) is 65.4 Å². The minimum atomic E-state index is -0.297. The normalized spacial score (nSPS) is 15.2. The zero-order valence-corrected chi connectivity index (χ0v) is 16.0. The Morgan fingerprint density at radius 1 is 1.31 bits per heavy atom. The summed E-state index contributed by atoms with van der Waals surface area (Å²) in [6.07, 6.45) is 7.10. The van der Waals surface area contributed by atoms with E-state index in [2.05, 4.69) is 24.1 Å². The maximum absolute atomic E-state index is 12.5. The molecule has 1 saturated carbocycles. The van der Waals surface area contributed by atoms with E-state index >= 15 is 0 Å². The number of carbonyl (C=O) groups is 1. The van der Waals surface area contributed by atoms with E-state index in [1.54, 1.807) is 13.2 Å². The van der Waals surface area contributed by atoms with Crippen molar-refractivity contribution in [3.05, 3.63) is 29.3 Å². The first-order valence-corrected chi connectivity index (χ1v) is 9.48. The Labute approximate surface area is 156 Å². The second kappa shape index (κ2) is 9.86. The maximum atomic E-state index is 12.5. The number of methoxy groups -OCH3 is 1.